The summed E-state index contributed by atoms with van der Waals surface area (Å²) in [6.45, 7) is 2.65. The average Bonchev–Trinajstić information content (AvgIpc) is 2.57. The number of carboxylic acid groups (broad SMARTS) is 1. The van der Waals surface area contributed by atoms with E-state index in [1.807, 2.05) is 6.07 Å². The smallest absolute Gasteiger partial charge is 0.307 e. The van der Waals surface area contributed by atoms with Crippen molar-refractivity contribution in [2.24, 2.45) is 0 Å². The molecule has 5 nitrogen and oxygen atoms in total. The highest BCUT2D eigenvalue weighted by Gasteiger charge is 2.12. The SMILES string of the molecule is CCCCOc1ccccc1C(=O)Nc1ccc(CC(=O)O)cc1. The molecule has 0 saturated heterocycles. The second-order valence-corrected chi connectivity index (χ2v) is 5.42. The van der Waals surface area contributed by atoms with E-state index in [4.69, 9.17) is 9.84 Å². The molecule has 2 aromatic rings. The van der Waals surface area contributed by atoms with Gasteiger partial charge in [0.1, 0.15) is 5.75 Å². The zero-order valence-electron chi connectivity index (χ0n) is 13.6. The first-order chi connectivity index (χ1) is 11.6. The Morgan fingerprint density at radius 1 is 1.08 bits per heavy atom. The molecule has 0 aliphatic heterocycles. The van der Waals surface area contributed by atoms with Crippen molar-refractivity contribution >= 4 is 17.6 Å². The van der Waals surface area contributed by atoms with Crippen molar-refractivity contribution in [3.63, 3.8) is 0 Å². The average molecular weight is 327 g/mol. The summed E-state index contributed by atoms with van der Waals surface area (Å²) >= 11 is 0. The number of carbonyl (C=O) groups excluding carboxylic acids is 1. The number of carbonyl (C=O) groups is 2. The number of anilines is 1. The molecule has 0 unspecified atom stereocenters. The van der Waals surface area contributed by atoms with Crippen LogP contribution in [0.15, 0.2) is 48.5 Å². The quantitative estimate of drug-likeness (QED) is 0.724. The van der Waals surface area contributed by atoms with Gasteiger partial charge in [-0.2, -0.15) is 0 Å². The first kappa shape index (κ1) is 17.5. The fraction of sp³-hybridized carbons (Fsp3) is 0.263. The molecule has 0 fully saturated rings. The maximum Gasteiger partial charge on any atom is 0.307 e. The summed E-state index contributed by atoms with van der Waals surface area (Å²) in [4.78, 5) is 23.1. The van der Waals surface area contributed by atoms with Gasteiger partial charge in [-0.1, -0.05) is 37.6 Å². The number of benzene rings is 2. The Morgan fingerprint density at radius 2 is 1.79 bits per heavy atom. The lowest BCUT2D eigenvalue weighted by molar-refractivity contribution is -0.136. The summed E-state index contributed by atoms with van der Waals surface area (Å²) in [6.07, 6.45) is 1.92. The Hall–Kier alpha value is -2.82. The zero-order chi connectivity index (χ0) is 17.4. The van der Waals surface area contributed by atoms with Crippen LogP contribution in [0.2, 0.25) is 0 Å². The van der Waals surface area contributed by atoms with Crippen LogP contribution in [0.1, 0.15) is 35.7 Å². The highest BCUT2D eigenvalue weighted by molar-refractivity contribution is 6.06. The van der Waals surface area contributed by atoms with Gasteiger partial charge in [0, 0.05) is 5.69 Å². The molecule has 0 atom stereocenters. The molecule has 0 aromatic heterocycles. The minimum absolute atomic E-state index is 0.0394. The van der Waals surface area contributed by atoms with Crippen molar-refractivity contribution in [3.8, 4) is 5.75 Å². The number of amides is 1. The Kier molecular flexibility index (Phi) is 6.37. The molecule has 1 amide bonds. The number of hydrogen-bond donors (Lipinski definition) is 2. The van der Waals surface area contributed by atoms with Gasteiger partial charge in [-0.25, -0.2) is 0 Å². The van der Waals surface area contributed by atoms with E-state index in [-0.39, 0.29) is 12.3 Å². The van der Waals surface area contributed by atoms with E-state index in [9.17, 15) is 9.59 Å². The molecule has 2 rings (SSSR count). The van der Waals surface area contributed by atoms with Crippen LogP contribution in [0.3, 0.4) is 0 Å². The Balaban J connectivity index is 2.05. The van der Waals surface area contributed by atoms with Crippen molar-refractivity contribution in [1.29, 1.82) is 0 Å². The number of para-hydroxylation sites is 1. The van der Waals surface area contributed by atoms with Gasteiger partial charge in [-0.05, 0) is 36.2 Å². The van der Waals surface area contributed by atoms with Crippen LogP contribution in [0, 0.1) is 0 Å². The van der Waals surface area contributed by atoms with E-state index in [1.165, 1.54) is 0 Å². The third-order valence-electron chi connectivity index (χ3n) is 3.45. The largest absolute Gasteiger partial charge is 0.493 e. The zero-order valence-corrected chi connectivity index (χ0v) is 13.6. The van der Waals surface area contributed by atoms with Crippen molar-refractivity contribution in [2.45, 2.75) is 26.2 Å². The van der Waals surface area contributed by atoms with Crippen molar-refractivity contribution in [2.75, 3.05) is 11.9 Å². The van der Waals surface area contributed by atoms with Crippen LogP contribution >= 0.6 is 0 Å². The molecule has 24 heavy (non-hydrogen) atoms. The van der Waals surface area contributed by atoms with E-state index in [0.29, 0.717) is 29.2 Å². The monoisotopic (exact) mass is 327 g/mol. The second kappa shape index (κ2) is 8.72. The summed E-state index contributed by atoms with van der Waals surface area (Å²) in [6, 6.07) is 13.9. The predicted molar refractivity (Wildman–Crippen MR) is 92.6 cm³/mol. The van der Waals surface area contributed by atoms with Gasteiger partial charge in [0.2, 0.25) is 0 Å². The van der Waals surface area contributed by atoms with E-state index in [1.54, 1.807) is 42.5 Å². The third-order valence-corrected chi connectivity index (χ3v) is 3.45. The third kappa shape index (κ3) is 5.12. The first-order valence-corrected chi connectivity index (χ1v) is 7.94. The number of nitrogens with one attached hydrogen (secondary N) is 1. The minimum Gasteiger partial charge on any atom is -0.493 e. The predicted octanol–water partition coefficient (Wildman–Crippen LogP) is 3.74. The van der Waals surface area contributed by atoms with Gasteiger partial charge in [-0.15, -0.1) is 0 Å². The summed E-state index contributed by atoms with van der Waals surface area (Å²) in [5, 5.41) is 11.6. The van der Waals surface area contributed by atoms with Crippen LogP contribution in [0.4, 0.5) is 5.69 Å². The van der Waals surface area contributed by atoms with Gasteiger partial charge in [0.05, 0.1) is 18.6 Å². The van der Waals surface area contributed by atoms with Gasteiger partial charge < -0.3 is 15.2 Å². The highest BCUT2D eigenvalue weighted by Crippen LogP contribution is 2.20. The van der Waals surface area contributed by atoms with Crippen molar-refractivity contribution in [3.05, 3.63) is 59.7 Å². The molecule has 0 spiro atoms. The maximum absolute atomic E-state index is 12.4. The molecule has 0 radical (unpaired) electrons. The Bertz CT molecular complexity index is 695. The number of hydrogen-bond acceptors (Lipinski definition) is 3. The molecule has 0 saturated carbocycles. The lowest BCUT2D eigenvalue weighted by atomic mass is 10.1. The molecule has 2 aromatic carbocycles. The number of unbranched alkanes of at least 4 members (excludes halogenated alkanes) is 1. The van der Waals surface area contributed by atoms with Crippen molar-refractivity contribution in [1.82, 2.24) is 0 Å². The number of aliphatic carboxylic acids is 1. The second-order valence-electron chi connectivity index (χ2n) is 5.42. The summed E-state index contributed by atoms with van der Waals surface area (Å²) < 4.78 is 5.67. The van der Waals surface area contributed by atoms with Gasteiger partial charge in [-0.3, -0.25) is 9.59 Å². The molecule has 5 heteroatoms. The number of ether oxygens (including phenoxy) is 1. The van der Waals surface area contributed by atoms with E-state index in [2.05, 4.69) is 12.2 Å². The van der Waals surface area contributed by atoms with Crippen LogP contribution in [0.5, 0.6) is 5.75 Å². The highest BCUT2D eigenvalue weighted by atomic mass is 16.5. The topological polar surface area (TPSA) is 75.6 Å². The molecule has 0 aliphatic carbocycles. The molecule has 0 heterocycles. The number of rotatable bonds is 8. The summed E-state index contributed by atoms with van der Waals surface area (Å²) in [5.74, 6) is -0.580. The molecular formula is C19H21NO4. The Morgan fingerprint density at radius 3 is 2.46 bits per heavy atom. The molecule has 0 bridgehead atoms. The lowest BCUT2D eigenvalue weighted by Gasteiger charge is -2.11. The fourth-order valence-corrected chi connectivity index (χ4v) is 2.19. The molecule has 2 N–H and O–H groups in total. The minimum atomic E-state index is -0.884. The summed E-state index contributed by atoms with van der Waals surface area (Å²) in [5.41, 5.74) is 1.77. The van der Waals surface area contributed by atoms with Crippen molar-refractivity contribution < 1.29 is 19.4 Å². The van der Waals surface area contributed by atoms with Crippen LogP contribution in [-0.4, -0.2) is 23.6 Å². The van der Waals surface area contributed by atoms with E-state index < -0.39 is 5.97 Å². The maximum atomic E-state index is 12.4. The fourth-order valence-electron chi connectivity index (χ4n) is 2.19. The standard InChI is InChI=1S/C19H21NO4/c1-2-3-12-24-17-7-5-4-6-16(17)19(23)20-15-10-8-14(9-11-15)13-18(21)22/h4-11H,2-3,12-13H2,1H3,(H,20,23)(H,21,22). The molecule has 0 aliphatic rings. The lowest BCUT2D eigenvalue weighted by Crippen LogP contribution is -2.14. The molecular weight excluding hydrogens is 306 g/mol. The first-order valence-electron chi connectivity index (χ1n) is 7.94. The van der Waals surface area contributed by atoms with Crippen LogP contribution < -0.4 is 10.1 Å². The van der Waals surface area contributed by atoms with Gasteiger partial charge in [0.25, 0.3) is 5.91 Å². The normalized spacial score (nSPS) is 10.2. The summed E-state index contributed by atoms with van der Waals surface area (Å²) in [7, 11) is 0. The van der Waals surface area contributed by atoms with Gasteiger partial charge >= 0.3 is 5.97 Å². The van der Waals surface area contributed by atoms with E-state index in [0.717, 1.165) is 12.8 Å². The van der Waals surface area contributed by atoms with E-state index >= 15 is 0 Å². The Labute approximate surface area is 141 Å². The van der Waals surface area contributed by atoms with Crippen LogP contribution in [-0.2, 0) is 11.2 Å². The van der Waals surface area contributed by atoms with Gasteiger partial charge in [0.15, 0.2) is 0 Å². The number of carboxylic acids is 1. The van der Waals surface area contributed by atoms with Crippen LogP contribution in [0.25, 0.3) is 0 Å². The molecule has 126 valence electrons.